The summed E-state index contributed by atoms with van der Waals surface area (Å²) >= 11 is 1.79. The third kappa shape index (κ3) is 6.85. The number of thiophene rings is 1. The van der Waals surface area contributed by atoms with Crippen LogP contribution < -0.4 is 5.32 Å². The maximum Gasteiger partial charge on any atom is 0.00720 e. The van der Waals surface area contributed by atoms with Gasteiger partial charge in [-0.05, 0) is 60.0 Å². The van der Waals surface area contributed by atoms with Crippen LogP contribution in [0.2, 0.25) is 0 Å². The van der Waals surface area contributed by atoms with Crippen LogP contribution in [0.3, 0.4) is 0 Å². The Balaban J connectivity index is 2.27. The second-order valence-corrected chi connectivity index (χ2v) is 6.57. The van der Waals surface area contributed by atoms with E-state index in [0.29, 0.717) is 6.04 Å². The molecule has 0 amide bonds. The Hall–Kier alpha value is -0.340. The molecule has 1 aromatic rings. The summed E-state index contributed by atoms with van der Waals surface area (Å²) in [6.07, 6.45) is 3.75. The molecular weight excluding hydrogens is 226 g/mol. The van der Waals surface area contributed by atoms with Crippen molar-refractivity contribution in [2.24, 2.45) is 11.8 Å². The summed E-state index contributed by atoms with van der Waals surface area (Å²) in [5.41, 5.74) is 1.47. The lowest BCUT2D eigenvalue weighted by Gasteiger charge is -2.22. The van der Waals surface area contributed by atoms with Gasteiger partial charge in [-0.1, -0.05) is 27.7 Å². The summed E-state index contributed by atoms with van der Waals surface area (Å²) in [7, 11) is 0. The summed E-state index contributed by atoms with van der Waals surface area (Å²) in [4.78, 5) is 0. The van der Waals surface area contributed by atoms with Gasteiger partial charge in [-0.3, -0.25) is 0 Å². The standard InChI is InChI=1S/C15H27NS/c1-12(2)9-15(10-13(3)4)16-7-5-14-6-8-17-11-14/h6,8,11-13,15-16H,5,7,9-10H2,1-4H3. The molecule has 1 N–H and O–H groups in total. The van der Waals surface area contributed by atoms with Crippen LogP contribution in [0, 0.1) is 11.8 Å². The molecule has 1 nitrogen and oxygen atoms in total. The Morgan fingerprint density at radius 1 is 1.12 bits per heavy atom. The predicted octanol–water partition coefficient (Wildman–Crippen LogP) is 4.34. The van der Waals surface area contributed by atoms with Gasteiger partial charge < -0.3 is 5.32 Å². The number of nitrogens with one attached hydrogen (secondary N) is 1. The zero-order valence-electron chi connectivity index (χ0n) is 11.7. The van der Waals surface area contributed by atoms with Crippen molar-refractivity contribution in [3.05, 3.63) is 22.4 Å². The molecule has 0 spiro atoms. The molecule has 0 fully saturated rings. The van der Waals surface area contributed by atoms with E-state index < -0.39 is 0 Å². The van der Waals surface area contributed by atoms with Gasteiger partial charge in [-0.2, -0.15) is 11.3 Å². The molecule has 17 heavy (non-hydrogen) atoms. The van der Waals surface area contributed by atoms with E-state index in [1.165, 1.54) is 18.4 Å². The fourth-order valence-electron chi connectivity index (χ4n) is 2.26. The summed E-state index contributed by atoms with van der Waals surface area (Å²) in [5.74, 6) is 1.57. The van der Waals surface area contributed by atoms with E-state index >= 15 is 0 Å². The van der Waals surface area contributed by atoms with E-state index in [2.05, 4.69) is 49.8 Å². The molecular formula is C15H27NS. The van der Waals surface area contributed by atoms with Crippen LogP contribution in [0.5, 0.6) is 0 Å². The molecule has 0 radical (unpaired) electrons. The second kappa shape index (κ2) is 7.88. The smallest absolute Gasteiger partial charge is 0.00720 e. The highest BCUT2D eigenvalue weighted by molar-refractivity contribution is 7.07. The van der Waals surface area contributed by atoms with E-state index in [1.54, 1.807) is 11.3 Å². The topological polar surface area (TPSA) is 12.0 Å². The van der Waals surface area contributed by atoms with Crippen molar-refractivity contribution in [3.63, 3.8) is 0 Å². The lowest BCUT2D eigenvalue weighted by molar-refractivity contribution is 0.361. The molecule has 0 aliphatic carbocycles. The van der Waals surface area contributed by atoms with Crippen molar-refractivity contribution in [1.29, 1.82) is 0 Å². The summed E-state index contributed by atoms with van der Waals surface area (Å²) in [6, 6.07) is 2.92. The zero-order valence-corrected chi connectivity index (χ0v) is 12.5. The van der Waals surface area contributed by atoms with Crippen LogP contribution in [-0.4, -0.2) is 12.6 Å². The van der Waals surface area contributed by atoms with E-state index in [-0.39, 0.29) is 0 Å². The molecule has 2 heteroatoms. The van der Waals surface area contributed by atoms with Gasteiger partial charge >= 0.3 is 0 Å². The van der Waals surface area contributed by atoms with Crippen molar-refractivity contribution >= 4 is 11.3 Å². The van der Waals surface area contributed by atoms with E-state index in [1.807, 2.05) is 0 Å². The van der Waals surface area contributed by atoms with Crippen molar-refractivity contribution in [2.75, 3.05) is 6.54 Å². The molecule has 98 valence electrons. The molecule has 0 aliphatic rings. The lowest BCUT2D eigenvalue weighted by atomic mass is 9.95. The fraction of sp³-hybridized carbons (Fsp3) is 0.733. The van der Waals surface area contributed by atoms with E-state index in [4.69, 9.17) is 0 Å². The van der Waals surface area contributed by atoms with Crippen LogP contribution >= 0.6 is 11.3 Å². The minimum atomic E-state index is 0.689. The lowest BCUT2D eigenvalue weighted by Crippen LogP contribution is -2.33. The first-order chi connectivity index (χ1) is 8.08. The van der Waals surface area contributed by atoms with Crippen molar-refractivity contribution in [2.45, 2.75) is 53.0 Å². The molecule has 0 atom stereocenters. The molecule has 1 rings (SSSR count). The van der Waals surface area contributed by atoms with Gasteiger partial charge in [0.25, 0.3) is 0 Å². The van der Waals surface area contributed by atoms with E-state index in [0.717, 1.165) is 24.8 Å². The quantitative estimate of drug-likeness (QED) is 0.726. The number of hydrogen-bond acceptors (Lipinski definition) is 2. The average Bonchev–Trinajstić information content (AvgIpc) is 2.68. The average molecular weight is 253 g/mol. The Morgan fingerprint density at radius 2 is 1.76 bits per heavy atom. The molecule has 0 unspecified atom stereocenters. The van der Waals surface area contributed by atoms with Crippen LogP contribution in [0.1, 0.15) is 46.1 Å². The molecule has 0 aromatic carbocycles. The van der Waals surface area contributed by atoms with Crippen molar-refractivity contribution in [1.82, 2.24) is 5.32 Å². The van der Waals surface area contributed by atoms with Gasteiger partial charge in [0.05, 0.1) is 0 Å². The first kappa shape index (κ1) is 14.7. The van der Waals surface area contributed by atoms with Crippen molar-refractivity contribution < 1.29 is 0 Å². The first-order valence-electron chi connectivity index (χ1n) is 6.82. The third-order valence-electron chi connectivity index (χ3n) is 2.94. The summed E-state index contributed by atoms with van der Waals surface area (Å²) in [5, 5.41) is 8.14. The van der Waals surface area contributed by atoms with Gasteiger partial charge in [-0.25, -0.2) is 0 Å². The zero-order chi connectivity index (χ0) is 12.7. The monoisotopic (exact) mass is 253 g/mol. The normalized spacial score (nSPS) is 11.9. The Labute approximate surface area is 111 Å². The van der Waals surface area contributed by atoms with Gasteiger partial charge in [0.2, 0.25) is 0 Å². The Bertz CT molecular complexity index is 267. The maximum absolute atomic E-state index is 3.73. The van der Waals surface area contributed by atoms with Gasteiger partial charge in [0.1, 0.15) is 0 Å². The minimum absolute atomic E-state index is 0.689. The first-order valence-corrected chi connectivity index (χ1v) is 7.76. The predicted molar refractivity (Wildman–Crippen MR) is 78.7 cm³/mol. The SMILES string of the molecule is CC(C)CC(CC(C)C)NCCc1ccsc1. The van der Waals surface area contributed by atoms with Crippen LogP contribution in [0.15, 0.2) is 16.8 Å². The highest BCUT2D eigenvalue weighted by atomic mass is 32.1. The molecule has 1 aromatic heterocycles. The van der Waals surface area contributed by atoms with Gasteiger partial charge in [-0.15, -0.1) is 0 Å². The molecule has 1 heterocycles. The molecule has 0 saturated carbocycles. The summed E-state index contributed by atoms with van der Waals surface area (Å²) in [6.45, 7) is 10.4. The molecule has 0 saturated heterocycles. The summed E-state index contributed by atoms with van der Waals surface area (Å²) < 4.78 is 0. The maximum atomic E-state index is 3.73. The molecule has 0 aliphatic heterocycles. The largest absolute Gasteiger partial charge is 0.314 e. The number of rotatable bonds is 8. The Morgan fingerprint density at radius 3 is 2.24 bits per heavy atom. The highest BCUT2D eigenvalue weighted by Crippen LogP contribution is 2.13. The van der Waals surface area contributed by atoms with Crippen LogP contribution in [0.4, 0.5) is 0 Å². The van der Waals surface area contributed by atoms with Crippen LogP contribution in [0.25, 0.3) is 0 Å². The van der Waals surface area contributed by atoms with Gasteiger partial charge in [0, 0.05) is 6.04 Å². The molecule has 0 bridgehead atoms. The Kier molecular flexibility index (Phi) is 6.83. The fourth-order valence-corrected chi connectivity index (χ4v) is 2.96. The van der Waals surface area contributed by atoms with Crippen molar-refractivity contribution in [3.8, 4) is 0 Å². The van der Waals surface area contributed by atoms with E-state index in [9.17, 15) is 0 Å². The van der Waals surface area contributed by atoms with Gasteiger partial charge in [0.15, 0.2) is 0 Å². The number of hydrogen-bond donors (Lipinski definition) is 1. The third-order valence-corrected chi connectivity index (χ3v) is 3.67. The second-order valence-electron chi connectivity index (χ2n) is 5.79. The highest BCUT2D eigenvalue weighted by Gasteiger charge is 2.11. The van der Waals surface area contributed by atoms with Crippen LogP contribution in [-0.2, 0) is 6.42 Å². The minimum Gasteiger partial charge on any atom is -0.314 e.